The van der Waals surface area contributed by atoms with Crippen LogP contribution in [0.4, 0.5) is 0 Å². The molecule has 18 heavy (non-hydrogen) atoms. The van der Waals surface area contributed by atoms with Gasteiger partial charge in [0.1, 0.15) is 11.5 Å². The fourth-order valence-corrected chi connectivity index (χ4v) is 2.24. The topological polar surface area (TPSA) is 18.5 Å². The maximum Gasteiger partial charge on any atom is 0.133 e. The molecule has 2 aromatic rings. The molecular weight excluding hydrogens is 244 g/mol. The lowest BCUT2D eigenvalue weighted by molar-refractivity contribution is 0.395. The predicted octanol–water partition coefficient (Wildman–Crippen LogP) is 3.97. The molecule has 0 saturated heterocycles. The Labute approximate surface area is 113 Å². The molecule has 0 atom stereocenters. The Morgan fingerprint density at radius 3 is 2.17 bits per heavy atom. The first kappa shape index (κ1) is 12.8. The predicted molar refractivity (Wildman–Crippen MR) is 77.0 cm³/mol. The third-order valence-electron chi connectivity index (χ3n) is 2.94. The molecule has 2 rings (SSSR count). The van der Waals surface area contributed by atoms with E-state index >= 15 is 0 Å². The lowest BCUT2D eigenvalue weighted by Crippen LogP contribution is -1.93. The molecule has 94 valence electrons. The summed E-state index contributed by atoms with van der Waals surface area (Å²) >= 11 is 4.38. The lowest BCUT2D eigenvalue weighted by atomic mass is 9.99. The number of hydrogen-bond acceptors (Lipinski definition) is 3. The second kappa shape index (κ2) is 5.36. The Kier molecular flexibility index (Phi) is 3.82. The number of benzene rings is 2. The highest BCUT2D eigenvalue weighted by molar-refractivity contribution is 7.80. The molecule has 0 heterocycles. The summed E-state index contributed by atoms with van der Waals surface area (Å²) in [5.41, 5.74) is 3.36. The first-order valence-corrected chi connectivity index (χ1v) is 6.13. The molecule has 3 heteroatoms. The van der Waals surface area contributed by atoms with Crippen LogP contribution in [-0.2, 0) is 0 Å². The number of ether oxygens (including phenoxy) is 2. The summed E-state index contributed by atoms with van der Waals surface area (Å²) in [6.07, 6.45) is 0. The van der Waals surface area contributed by atoms with Crippen molar-refractivity contribution in [1.82, 2.24) is 0 Å². The molecule has 2 aromatic carbocycles. The van der Waals surface area contributed by atoms with Crippen LogP contribution in [0.3, 0.4) is 0 Å². The number of thiol groups is 1. The summed E-state index contributed by atoms with van der Waals surface area (Å²) < 4.78 is 10.7. The highest BCUT2D eigenvalue weighted by Gasteiger charge is 2.12. The number of hydrogen-bond donors (Lipinski definition) is 1. The van der Waals surface area contributed by atoms with Crippen molar-refractivity contribution in [1.29, 1.82) is 0 Å². The standard InChI is InChI=1S/C15H16O2S/c1-10-6-4-5-7-11(10)12-8-14(17-3)15(18)9-13(12)16-2/h4-9,18H,1-3H3. The minimum absolute atomic E-state index is 0.748. The zero-order valence-electron chi connectivity index (χ0n) is 10.7. The van der Waals surface area contributed by atoms with Gasteiger partial charge in [0.15, 0.2) is 0 Å². The molecule has 0 amide bonds. The quantitative estimate of drug-likeness (QED) is 0.842. The number of methoxy groups -OCH3 is 2. The molecular formula is C15H16O2S. The van der Waals surface area contributed by atoms with Gasteiger partial charge in [-0.05, 0) is 30.2 Å². The van der Waals surface area contributed by atoms with Crippen LogP contribution < -0.4 is 9.47 Å². The normalized spacial score (nSPS) is 10.2. The van der Waals surface area contributed by atoms with Crippen molar-refractivity contribution in [3.05, 3.63) is 42.0 Å². The summed E-state index contributed by atoms with van der Waals surface area (Å²) in [4.78, 5) is 0.770. The smallest absolute Gasteiger partial charge is 0.133 e. The molecule has 0 aliphatic heterocycles. The first-order valence-electron chi connectivity index (χ1n) is 5.68. The van der Waals surface area contributed by atoms with E-state index < -0.39 is 0 Å². The van der Waals surface area contributed by atoms with Gasteiger partial charge >= 0.3 is 0 Å². The Balaban J connectivity index is 2.66. The van der Waals surface area contributed by atoms with Crippen molar-refractivity contribution in [2.24, 2.45) is 0 Å². The van der Waals surface area contributed by atoms with E-state index in [1.54, 1.807) is 14.2 Å². The van der Waals surface area contributed by atoms with Crippen molar-refractivity contribution in [3.8, 4) is 22.6 Å². The maximum absolute atomic E-state index is 5.43. The highest BCUT2D eigenvalue weighted by Crippen LogP contribution is 2.38. The van der Waals surface area contributed by atoms with Crippen molar-refractivity contribution in [3.63, 3.8) is 0 Å². The largest absolute Gasteiger partial charge is 0.496 e. The molecule has 0 bridgehead atoms. The lowest BCUT2D eigenvalue weighted by Gasteiger charge is -2.14. The van der Waals surface area contributed by atoms with Gasteiger partial charge in [-0.2, -0.15) is 0 Å². The van der Waals surface area contributed by atoms with E-state index in [1.807, 2.05) is 24.3 Å². The van der Waals surface area contributed by atoms with Gasteiger partial charge in [-0.3, -0.25) is 0 Å². The van der Waals surface area contributed by atoms with Gasteiger partial charge in [0, 0.05) is 10.5 Å². The van der Waals surface area contributed by atoms with Gasteiger partial charge in [0.05, 0.1) is 14.2 Å². The first-order chi connectivity index (χ1) is 8.67. The minimum atomic E-state index is 0.748. The number of aryl methyl sites for hydroxylation is 1. The third-order valence-corrected chi connectivity index (χ3v) is 3.29. The molecule has 0 unspecified atom stereocenters. The van der Waals surface area contributed by atoms with Gasteiger partial charge in [-0.25, -0.2) is 0 Å². The Morgan fingerprint density at radius 1 is 0.889 bits per heavy atom. The molecule has 0 saturated carbocycles. The van der Waals surface area contributed by atoms with Crippen LogP contribution in [0.1, 0.15) is 5.56 Å². The van der Waals surface area contributed by atoms with Crippen molar-refractivity contribution in [2.45, 2.75) is 11.8 Å². The van der Waals surface area contributed by atoms with Gasteiger partial charge in [0.2, 0.25) is 0 Å². The zero-order valence-corrected chi connectivity index (χ0v) is 11.6. The summed E-state index contributed by atoms with van der Waals surface area (Å²) in [6.45, 7) is 2.08. The summed E-state index contributed by atoms with van der Waals surface area (Å²) in [5.74, 6) is 1.55. The van der Waals surface area contributed by atoms with Crippen LogP contribution in [0, 0.1) is 6.92 Å². The fourth-order valence-electron chi connectivity index (χ4n) is 1.97. The average molecular weight is 260 g/mol. The molecule has 0 radical (unpaired) electrons. The molecule has 0 fully saturated rings. The van der Waals surface area contributed by atoms with Crippen LogP contribution in [0.25, 0.3) is 11.1 Å². The van der Waals surface area contributed by atoms with E-state index in [-0.39, 0.29) is 0 Å². The van der Waals surface area contributed by atoms with Crippen LogP contribution in [0.5, 0.6) is 11.5 Å². The molecule has 2 nitrogen and oxygen atoms in total. The molecule has 0 aromatic heterocycles. The van der Waals surface area contributed by atoms with E-state index in [0.29, 0.717) is 0 Å². The summed E-state index contributed by atoms with van der Waals surface area (Å²) in [7, 11) is 3.31. The van der Waals surface area contributed by atoms with Crippen LogP contribution in [0.15, 0.2) is 41.3 Å². The second-order valence-corrected chi connectivity index (χ2v) is 4.52. The molecule has 0 aliphatic rings. The highest BCUT2D eigenvalue weighted by atomic mass is 32.1. The monoisotopic (exact) mass is 260 g/mol. The van der Waals surface area contributed by atoms with Crippen LogP contribution in [-0.4, -0.2) is 14.2 Å². The van der Waals surface area contributed by atoms with E-state index in [0.717, 1.165) is 27.5 Å². The van der Waals surface area contributed by atoms with Gasteiger partial charge in [0.25, 0.3) is 0 Å². The average Bonchev–Trinajstić information content (AvgIpc) is 2.39. The zero-order chi connectivity index (χ0) is 13.1. The second-order valence-electron chi connectivity index (χ2n) is 4.04. The van der Waals surface area contributed by atoms with E-state index in [4.69, 9.17) is 9.47 Å². The maximum atomic E-state index is 5.43. The van der Waals surface area contributed by atoms with E-state index in [9.17, 15) is 0 Å². The Bertz CT molecular complexity index is 564. The SMILES string of the molecule is COc1cc(-c2ccccc2C)c(OC)cc1S. The Hall–Kier alpha value is -1.61. The van der Waals surface area contributed by atoms with E-state index in [2.05, 4.69) is 31.7 Å². The minimum Gasteiger partial charge on any atom is -0.496 e. The third kappa shape index (κ3) is 2.31. The molecule has 0 spiro atoms. The Morgan fingerprint density at radius 2 is 1.56 bits per heavy atom. The molecule has 0 N–H and O–H groups in total. The summed E-state index contributed by atoms with van der Waals surface area (Å²) in [5, 5.41) is 0. The van der Waals surface area contributed by atoms with E-state index in [1.165, 1.54) is 5.56 Å². The fraction of sp³-hybridized carbons (Fsp3) is 0.200. The van der Waals surface area contributed by atoms with Crippen molar-refractivity contribution >= 4 is 12.6 Å². The van der Waals surface area contributed by atoms with Gasteiger partial charge in [-0.15, -0.1) is 12.6 Å². The van der Waals surface area contributed by atoms with Crippen molar-refractivity contribution < 1.29 is 9.47 Å². The van der Waals surface area contributed by atoms with Crippen LogP contribution in [0.2, 0.25) is 0 Å². The van der Waals surface area contributed by atoms with Crippen LogP contribution >= 0.6 is 12.6 Å². The number of rotatable bonds is 3. The van der Waals surface area contributed by atoms with Gasteiger partial charge < -0.3 is 9.47 Å². The van der Waals surface area contributed by atoms with Crippen molar-refractivity contribution in [2.75, 3.05) is 14.2 Å². The summed E-state index contributed by atoms with van der Waals surface area (Å²) in [6, 6.07) is 12.0. The molecule has 0 aliphatic carbocycles. The van der Waals surface area contributed by atoms with Gasteiger partial charge in [-0.1, -0.05) is 24.3 Å².